The molecule has 1 aromatic carbocycles. The predicted octanol–water partition coefficient (Wildman–Crippen LogP) is 1.33. The molecule has 1 heterocycles. The maximum Gasteiger partial charge on any atom is 0.356 e. The highest BCUT2D eigenvalue weighted by atomic mass is 16.5. The molecule has 0 radical (unpaired) electrons. The molecular formula is C16H17N3O5. The normalized spacial score (nSPS) is 10.1. The van der Waals surface area contributed by atoms with E-state index in [1.807, 2.05) is 12.1 Å². The van der Waals surface area contributed by atoms with Crippen LogP contribution in [0.15, 0.2) is 36.7 Å². The minimum atomic E-state index is -1.19. The van der Waals surface area contributed by atoms with E-state index in [9.17, 15) is 9.59 Å². The number of likely N-dealkylation sites (N-methyl/N-ethyl adjacent to an activating group) is 1. The largest absolute Gasteiger partial charge is 0.493 e. The molecule has 0 aliphatic rings. The number of rotatable bonds is 7. The number of methoxy groups -OCH3 is 1. The molecule has 2 rings (SSSR count). The van der Waals surface area contributed by atoms with E-state index < -0.39 is 5.97 Å². The third-order valence-electron chi connectivity index (χ3n) is 3.19. The van der Waals surface area contributed by atoms with Gasteiger partial charge >= 0.3 is 5.97 Å². The Hall–Kier alpha value is -3.16. The number of amides is 1. The summed E-state index contributed by atoms with van der Waals surface area (Å²) in [5, 5.41) is 8.77. The number of aromatic nitrogens is 2. The zero-order chi connectivity index (χ0) is 17.5. The van der Waals surface area contributed by atoms with Crippen molar-refractivity contribution < 1.29 is 24.2 Å². The summed E-state index contributed by atoms with van der Waals surface area (Å²) in [5.41, 5.74) is -0.145. The second kappa shape index (κ2) is 7.91. The predicted molar refractivity (Wildman–Crippen MR) is 84.4 cm³/mol. The first-order valence-electron chi connectivity index (χ1n) is 7.09. The van der Waals surface area contributed by atoms with Gasteiger partial charge in [-0.25, -0.2) is 14.8 Å². The van der Waals surface area contributed by atoms with Gasteiger partial charge in [0.05, 0.1) is 26.0 Å². The number of nitrogens with zero attached hydrogens (tertiary/aromatic N) is 3. The molecular weight excluding hydrogens is 314 g/mol. The Balaban J connectivity index is 1.90. The fraction of sp³-hybridized carbons (Fsp3) is 0.250. The number of carboxylic acids is 1. The highest BCUT2D eigenvalue weighted by molar-refractivity contribution is 5.92. The number of ether oxygens (including phenoxy) is 2. The van der Waals surface area contributed by atoms with Gasteiger partial charge in [-0.05, 0) is 12.1 Å². The number of hydrogen-bond acceptors (Lipinski definition) is 6. The van der Waals surface area contributed by atoms with Crippen LogP contribution in [0.2, 0.25) is 0 Å². The van der Waals surface area contributed by atoms with Gasteiger partial charge < -0.3 is 19.5 Å². The number of carbonyl (C=O) groups excluding carboxylic acids is 1. The molecule has 0 spiro atoms. The van der Waals surface area contributed by atoms with Gasteiger partial charge in [0.15, 0.2) is 17.2 Å². The van der Waals surface area contributed by atoms with E-state index in [0.717, 1.165) is 12.4 Å². The van der Waals surface area contributed by atoms with E-state index in [-0.39, 0.29) is 23.9 Å². The molecule has 8 nitrogen and oxygen atoms in total. The first kappa shape index (κ1) is 17.2. The summed E-state index contributed by atoms with van der Waals surface area (Å²) < 4.78 is 10.8. The first-order valence-corrected chi connectivity index (χ1v) is 7.09. The molecule has 24 heavy (non-hydrogen) atoms. The Morgan fingerprint density at radius 2 is 1.75 bits per heavy atom. The second-order valence-electron chi connectivity index (χ2n) is 4.82. The van der Waals surface area contributed by atoms with Crippen LogP contribution in [0.4, 0.5) is 0 Å². The summed E-state index contributed by atoms with van der Waals surface area (Å²) in [6.07, 6.45) is 2.19. The van der Waals surface area contributed by atoms with Crippen LogP contribution in [0.25, 0.3) is 0 Å². The molecule has 2 aromatic rings. The quantitative estimate of drug-likeness (QED) is 0.816. The second-order valence-corrected chi connectivity index (χ2v) is 4.82. The standard InChI is InChI=1S/C16H17N3O5/c1-19(7-8-24-14-6-4-3-5-13(14)23-2)15(20)11-9-18-12(10-17-11)16(21)22/h3-6,9-10H,7-8H2,1-2H3,(H,21,22). The summed E-state index contributed by atoms with van der Waals surface area (Å²) in [7, 11) is 3.15. The number of carbonyl (C=O) groups is 2. The van der Waals surface area contributed by atoms with Crippen LogP contribution in [0, 0.1) is 0 Å². The summed E-state index contributed by atoms with van der Waals surface area (Å²) in [4.78, 5) is 31.8. The van der Waals surface area contributed by atoms with Crippen molar-refractivity contribution in [2.24, 2.45) is 0 Å². The number of benzene rings is 1. The van der Waals surface area contributed by atoms with Gasteiger partial charge in [-0.2, -0.15) is 0 Å². The van der Waals surface area contributed by atoms with E-state index in [4.69, 9.17) is 14.6 Å². The van der Waals surface area contributed by atoms with Crippen LogP contribution < -0.4 is 9.47 Å². The molecule has 0 aliphatic carbocycles. The van der Waals surface area contributed by atoms with Crippen molar-refractivity contribution in [2.75, 3.05) is 27.3 Å². The van der Waals surface area contributed by atoms with Gasteiger partial charge in [0.2, 0.25) is 0 Å². The molecule has 1 aromatic heterocycles. The third-order valence-corrected chi connectivity index (χ3v) is 3.19. The molecule has 0 aliphatic heterocycles. The van der Waals surface area contributed by atoms with Crippen LogP contribution >= 0.6 is 0 Å². The molecule has 0 fully saturated rings. The molecule has 8 heteroatoms. The maximum absolute atomic E-state index is 12.2. The summed E-state index contributed by atoms with van der Waals surface area (Å²) in [5.74, 6) is -0.365. The SMILES string of the molecule is COc1ccccc1OCCN(C)C(=O)c1cnc(C(=O)O)cn1. The maximum atomic E-state index is 12.2. The molecule has 0 saturated heterocycles. The Labute approximate surface area is 138 Å². The molecule has 0 saturated carbocycles. The molecule has 0 atom stereocenters. The van der Waals surface area contributed by atoms with E-state index in [1.165, 1.54) is 4.90 Å². The Morgan fingerprint density at radius 1 is 1.12 bits per heavy atom. The molecule has 126 valence electrons. The van der Waals surface area contributed by atoms with Crippen LogP contribution in [-0.2, 0) is 0 Å². The van der Waals surface area contributed by atoms with Crippen LogP contribution in [0.3, 0.4) is 0 Å². The van der Waals surface area contributed by atoms with E-state index in [1.54, 1.807) is 26.3 Å². The Morgan fingerprint density at radius 3 is 2.33 bits per heavy atom. The van der Waals surface area contributed by atoms with E-state index in [2.05, 4.69) is 9.97 Å². The van der Waals surface area contributed by atoms with Crippen molar-refractivity contribution in [3.8, 4) is 11.5 Å². The first-order chi connectivity index (χ1) is 11.5. The van der Waals surface area contributed by atoms with Crippen molar-refractivity contribution in [1.29, 1.82) is 0 Å². The Bertz CT molecular complexity index is 718. The summed E-state index contributed by atoms with van der Waals surface area (Å²) >= 11 is 0. The zero-order valence-electron chi connectivity index (χ0n) is 13.3. The van der Waals surface area contributed by atoms with Gasteiger partial charge in [0.1, 0.15) is 12.3 Å². The van der Waals surface area contributed by atoms with Gasteiger partial charge in [0, 0.05) is 7.05 Å². The third kappa shape index (κ3) is 4.19. The van der Waals surface area contributed by atoms with E-state index in [0.29, 0.717) is 18.0 Å². The molecule has 0 unspecified atom stereocenters. The minimum Gasteiger partial charge on any atom is -0.493 e. The fourth-order valence-corrected chi connectivity index (χ4v) is 1.88. The highest BCUT2D eigenvalue weighted by Gasteiger charge is 2.15. The van der Waals surface area contributed by atoms with Crippen molar-refractivity contribution in [1.82, 2.24) is 14.9 Å². The van der Waals surface area contributed by atoms with Crippen LogP contribution in [-0.4, -0.2) is 59.2 Å². The van der Waals surface area contributed by atoms with Crippen LogP contribution in [0.1, 0.15) is 21.0 Å². The fourth-order valence-electron chi connectivity index (χ4n) is 1.88. The van der Waals surface area contributed by atoms with Gasteiger partial charge in [0.25, 0.3) is 5.91 Å². The van der Waals surface area contributed by atoms with Crippen molar-refractivity contribution in [3.05, 3.63) is 48.0 Å². The lowest BCUT2D eigenvalue weighted by Crippen LogP contribution is -2.31. The summed E-state index contributed by atoms with van der Waals surface area (Å²) in [6, 6.07) is 7.22. The monoisotopic (exact) mass is 331 g/mol. The number of aromatic carboxylic acids is 1. The molecule has 1 N–H and O–H groups in total. The van der Waals surface area contributed by atoms with Crippen molar-refractivity contribution >= 4 is 11.9 Å². The average Bonchev–Trinajstić information content (AvgIpc) is 2.61. The van der Waals surface area contributed by atoms with Gasteiger partial charge in [-0.1, -0.05) is 12.1 Å². The number of para-hydroxylation sites is 2. The topological polar surface area (TPSA) is 102 Å². The lowest BCUT2D eigenvalue weighted by molar-refractivity contribution is 0.0686. The highest BCUT2D eigenvalue weighted by Crippen LogP contribution is 2.25. The van der Waals surface area contributed by atoms with E-state index >= 15 is 0 Å². The average molecular weight is 331 g/mol. The van der Waals surface area contributed by atoms with Gasteiger partial charge in [-0.15, -0.1) is 0 Å². The van der Waals surface area contributed by atoms with Gasteiger partial charge in [-0.3, -0.25) is 4.79 Å². The zero-order valence-corrected chi connectivity index (χ0v) is 13.3. The lowest BCUT2D eigenvalue weighted by Gasteiger charge is -2.17. The smallest absolute Gasteiger partial charge is 0.356 e. The minimum absolute atomic E-state index is 0.0693. The van der Waals surface area contributed by atoms with Crippen molar-refractivity contribution in [2.45, 2.75) is 0 Å². The Kier molecular flexibility index (Phi) is 5.67. The van der Waals surface area contributed by atoms with Crippen LogP contribution in [0.5, 0.6) is 11.5 Å². The molecule has 1 amide bonds. The lowest BCUT2D eigenvalue weighted by atomic mass is 10.3. The number of hydrogen-bond donors (Lipinski definition) is 1. The molecule has 0 bridgehead atoms. The summed E-state index contributed by atoms with van der Waals surface area (Å²) in [6.45, 7) is 0.586. The van der Waals surface area contributed by atoms with Crippen molar-refractivity contribution in [3.63, 3.8) is 0 Å². The number of carboxylic acid groups (broad SMARTS) is 1.